The molecule has 1 aliphatic heterocycles. The number of aromatic nitrogens is 2. The summed E-state index contributed by atoms with van der Waals surface area (Å²) in [5.74, 6) is 3.05. The van der Waals surface area contributed by atoms with Gasteiger partial charge in [0.2, 0.25) is 0 Å². The molecule has 0 saturated carbocycles. The van der Waals surface area contributed by atoms with Gasteiger partial charge in [0.15, 0.2) is 0 Å². The summed E-state index contributed by atoms with van der Waals surface area (Å²) < 4.78 is 1.28. The van der Waals surface area contributed by atoms with Crippen LogP contribution < -0.4 is 5.32 Å². The van der Waals surface area contributed by atoms with E-state index in [1.54, 1.807) is 11.3 Å². The highest BCUT2D eigenvalue weighted by atomic mass is 32.1. The first-order chi connectivity index (χ1) is 14.0. The number of aliphatic imine (C=N–C) groups is 1. The molecule has 1 unspecified atom stereocenters. The molecule has 0 amide bonds. The minimum Gasteiger partial charge on any atom is -0.365 e. The van der Waals surface area contributed by atoms with E-state index in [-0.39, 0.29) is 0 Å². The zero-order chi connectivity index (χ0) is 20.1. The molecule has 0 bridgehead atoms. The Kier molecular flexibility index (Phi) is 4.43. The minimum absolute atomic E-state index is 0.295. The van der Waals surface area contributed by atoms with Gasteiger partial charge in [-0.25, -0.2) is 4.98 Å². The van der Waals surface area contributed by atoms with Crippen molar-refractivity contribution >= 4 is 37.6 Å². The summed E-state index contributed by atoms with van der Waals surface area (Å²) in [5, 5.41) is 4.82. The zero-order valence-electron chi connectivity index (χ0n) is 17.3. The molecule has 148 valence electrons. The molecule has 0 fully saturated rings. The van der Waals surface area contributed by atoms with E-state index in [1.807, 2.05) is 0 Å². The maximum Gasteiger partial charge on any atom is 0.142 e. The average Bonchev–Trinajstić information content (AvgIpc) is 3.42. The van der Waals surface area contributed by atoms with Crippen LogP contribution in [0.5, 0.6) is 0 Å². The van der Waals surface area contributed by atoms with Crippen molar-refractivity contribution in [3.05, 3.63) is 53.9 Å². The van der Waals surface area contributed by atoms with E-state index < -0.39 is 0 Å². The lowest BCUT2D eigenvalue weighted by atomic mass is 10.0. The van der Waals surface area contributed by atoms with Gasteiger partial charge in [-0.1, -0.05) is 64.1 Å². The van der Waals surface area contributed by atoms with Gasteiger partial charge < -0.3 is 10.3 Å². The second-order valence-corrected chi connectivity index (χ2v) is 9.50. The van der Waals surface area contributed by atoms with Gasteiger partial charge in [-0.2, -0.15) is 0 Å². The number of H-pyrrole nitrogens is 1. The van der Waals surface area contributed by atoms with Gasteiger partial charge in [0.25, 0.3) is 0 Å². The van der Waals surface area contributed by atoms with Crippen molar-refractivity contribution in [1.82, 2.24) is 15.3 Å². The van der Waals surface area contributed by atoms with E-state index in [1.165, 1.54) is 32.3 Å². The molecule has 0 spiro atoms. The molecular formula is C24H26N4S. The highest BCUT2D eigenvalue weighted by Crippen LogP contribution is 2.36. The number of amidine groups is 1. The molecule has 2 aromatic carbocycles. The predicted octanol–water partition coefficient (Wildman–Crippen LogP) is 6.27. The van der Waals surface area contributed by atoms with Crippen molar-refractivity contribution in [2.45, 2.75) is 39.7 Å². The molecule has 3 heterocycles. The fourth-order valence-corrected chi connectivity index (χ4v) is 4.99. The summed E-state index contributed by atoms with van der Waals surface area (Å²) >= 11 is 1.77. The van der Waals surface area contributed by atoms with E-state index >= 15 is 0 Å². The quantitative estimate of drug-likeness (QED) is 0.423. The van der Waals surface area contributed by atoms with Crippen LogP contribution >= 0.6 is 11.3 Å². The predicted molar refractivity (Wildman–Crippen MR) is 124 cm³/mol. The van der Waals surface area contributed by atoms with Crippen LogP contribution in [0.15, 0.2) is 47.5 Å². The fraction of sp³-hybridized carbons (Fsp3) is 0.333. The first-order valence-corrected chi connectivity index (χ1v) is 11.1. The van der Waals surface area contributed by atoms with Crippen molar-refractivity contribution in [3.63, 3.8) is 0 Å². The standard InChI is InChI=1S/C24H26N4S/c1-13(2)22-25-12-19(26-22)16-7-5-15(6-8-16)17-9-10-18-20(11-17)29-24-21(18)27-23(28-24)14(3)4/h5-11,13-14,19H,12H2,1-4H3,(H,25,26)(H,27,28). The molecule has 0 radical (unpaired) electrons. The maximum atomic E-state index is 4.77. The lowest BCUT2D eigenvalue weighted by Gasteiger charge is -2.14. The molecule has 29 heavy (non-hydrogen) atoms. The third kappa shape index (κ3) is 3.23. The Morgan fingerprint density at radius 3 is 2.41 bits per heavy atom. The van der Waals surface area contributed by atoms with Crippen LogP contribution in [0.1, 0.15) is 51.0 Å². The van der Waals surface area contributed by atoms with E-state index in [0.29, 0.717) is 17.9 Å². The number of imidazole rings is 1. The molecule has 5 rings (SSSR count). The van der Waals surface area contributed by atoms with Crippen LogP contribution in [0.3, 0.4) is 0 Å². The second kappa shape index (κ2) is 6.99. The number of hydrogen-bond acceptors (Lipinski definition) is 4. The maximum absolute atomic E-state index is 4.77. The van der Waals surface area contributed by atoms with Gasteiger partial charge in [0, 0.05) is 21.9 Å². The van der Waals surface area contributed by atoms with E-state index in [2.05, 4.69) is 85.5 Å². The van der Waals surface area contributed by atoms with Crippen molar-refractivity contribution in [2.75, 3.05) is 6.54 Å². The van der Waals surface area contributed by atoms with Crippen LogP contribution in [-0.4, -0.2) is 22.3 Å². The number of hydrogen-bond donors (Lipinski definition) is 2. The Morgan fingerprint density at radius 2 is 1.72 bits per heavy atom. The van der Waals surface area contributed by atoms with Gasteiger partial charge in [-0.15, -0.1) is 11.3 Å². The Labute approximate surface area is 175 Å². The van der Waals surface area contributed by atoms with Gasteiger partial charge in [-0.3, -0.25) is 4.99 Å². The normalized spacial score (nSPS) is 16.9. The molecule has 5 heteroatoms. The van der Waals surface area contributed by atoms with Gasteiger partial charge >= 0.3 is 0 Å². The molecule has 2 N–H and O–H groups in total. The summed E-state index contributed by atoms with van der Waals surface area (Å²) in [4.78, 5) is 14.0. The molecular weight excluding hydrogens is 376 g/mol. The summed E-state index contributed by atoms with van der Waals surface area (Å²) in [6.45, 7) is 9.52. The topological polar surface area (TPSA) is 53.1 Å². The first kappa shape index (κ1) is 18.4. The summed E-state index contributed by atoms with van der Waals surface area (Å²) in [6.07, 6.45) is 0. The number of benzene rings is 2. The van der Waals surface area contributed by atoms with Gasteiger partial charge in [-0.05, 0) is 22.8 Å². The summed E-state index contributed by atoms with van der Waals surface area (Å²) in [7, 11) is 0. The molecule has 1 aliphatic rings. The largest absolute Gasteiger partial charge is 0.365 e. The molecule has 1 atom stereocenters. The summed E-state index contributed by atoms with van der Waals surface area (Å²) in [6, 6.07) is 15.9. The third-order valence-corrected chi connectivity index (χ3v) is 6.70. The number of rotatable bonds is 4. The SMILES string of the molecule is CC(C)C1=NCC(c2ccc(-c3ccc4c(c3)sc3nc(C(C)C)[nH]c34)cc2)N1. The second-order valence-electron chi connectivity index (χ2n) is 8.47. The third-order valence-electron chi connectivity index (χ3n) is 5.65. The Bertz CT molecular complexity index is 1210. The molecule has 4 aromatic rings. The fourth-order valence-electron chi connectivity index (χ4n) is 3.91. The van der Waals surface area contributed by atoms with Gasteiger partial charge in [0.05, 0.1) is 23.9 Å². The molecule has 2 aromatic heterocycles. The monoisotopic (exact) mass is 402 g/mol. The van der Waals surface area contributed by atoms with Crippen LogP contribution in [0.4, 0.5) is 0 Å². The van der Waals surface area contributed by atoms with Crippen LogP contribution in [-0.2, 0) is 0 Å². The van der Waals surface area contributed by atoms with E-state index in [0.717, 1.165) is 23.0 Å². The number of fused-ring (bicyclic) bond motifs is 3. The van der Waals surface area contributed by atoms with Crippen molar-refractivity contribution in [1.29, 1.82) is 0 Å². The van der Waals surface area contributed by atoms with E-state index in [4.69, 9.17) is 4.98 Å². The molecule has 0 aliphatic carbocycles. The first-order valence-electron chi connectivity index (χ1n) is 10.3. The smallest absolute Gasteiger partial charge is 0.142 e. The Morgan fingerprint density at radius 1 is 0.966 bits per heavy atom. The lowest BCUT2D eigenvalue weighted by Crippen LogP contribution is -2.26. The molecule has 0 saturated heterocycles. The lowest BCUT2D eigenvalue weighted by molar-refractivity contribution is 0.693. The van der Waals surface area contributed by atoms with Crippen molar-refractivity contribution in [3.8, 4) is 11.1 Å². The number of thiophene rings is 1. The van der Waals surface area contributed by atoms with Crippen LogP contribution in [0, 0.1) is 5.92 Å². The highest BCUT2D eigenvalue weighted by Gasteiger charge is 2.20. The van der Waals surface area contributed by atoms with Crippen molar-refractivity contribution < 1.29 is 0 Å². The van der Waals surface area contributed by atoms with Crippen LogP contribution in [0.25, 0.3) is 31.6 Å². The highest BCUT2D eigenvalue weighted by molar-refractivity contribution is 7.25. The number of aromatic amines is 1. The van der Waals surface area contributed by atoms with Crippen molar-refractivity contribution in [2.24, 2.45) is 10.9 Å². The molecule has 4 nitrogen and oxygen atoms in total. The van der Waals surface area contributed by atoms with E-state index in [9.17, 15) is 0 Å². The number of nitrogens with one attached hydrogen (secondary N) is 2. The Balaban J connectivity index is 1.42. The zero-order valence-corrected chi connectivity index (χ0v) is 18.1. The Hall–Kier alpha value is -2.66. The van der Waals surface area contributed by atoms with Gasteiger partial charge in [0.1, 0.15) is 10.7 Å². The number of nitrogens with zero attached hydrogens (tertiary/aromatic N) is 2. The summed E-state index contributed by atoms with van der Waals surface area (Å²) in [5.41, 5.74) is 4.95. The average molecular weight is 403 g/mol. The minimum atomic E-state index is 0.295. The van der Waals surface area contributed by atoms with Crippen LogP contribution in [0.2, 0.25) is 0 Å².